The molecular weight excluding hydrogens is 318 g/mol. The van der Waals surface area contributed by atoms with E-state index in [1.807, 2.05) is 0 Å². The Kier molecular flexibility index (Phi) is 5.59. The van der Waals surface area contributed by atoms with Gasteiger partial charge in [-0.05, 0) is 26.1 Å². The van der Waals surface area contributed by atoms with Gasteiger partial charge in [0, 0.05) is 11.8 Å². The molecule has 1 aromatic rings. The van der Waals surface area contributed by atoms with Crippen molar-refractivity contribution < 1.29 is 29.0 Å². The highest BCUT2D eigenvalue weighted by atomic mass is 16.6. The molecule has 0 spiro atoms. The van der Waals surface area contributed by atoms with Crippen molar-refractivity contribution in [2.75, 3.05) is 32.1 Å². The predicted molar refractivity (Wildman–Crippen MR) is 84.3 cm³/mol. The maximum absolute atomic E-state index is 11.8. The van der Waals surface area contributed by atoms with Gasteiger partial charge in [-0.15, -0.1) is 0 Å². The van der Waals surface area contributed by atoms with E-state index < -0.39 is 23.9 Å². The lowest BCUT2D eigenvalue weighted by molar-refractivity contribution is -0.142. The fraction of sp³-hybridized carbons (Fsp3) is 0.400. The zero-order chi connectivity index (χ0) is 17.7. The van der Waals surface area contributed by atoms with Crippen LogP contribution in [0.1, 0.15) is 6.92 Å². The number of anilines is 1. The van der Waals surface area contributed by atoms with Crippen LogP contribution < -0.4 is 20.1 Å². The predicted octanol–water partition coefficient (Wildman–Crippen LogP) is 0.511. The summed E-state index contributed by atoms with van der Waals surface area (Å²) in [6.07, 6.45) is 0. The van der Waals surface area contributed by atoms with Crippen LogP contribution in [0.4, 0.5) is 10.5 Å². The number of carboxylic acids is 1. The standard InChI is InChI=1S/C15H19N3O6/c1-9(14(20)21)18(2)8-13(19)17-15(22)16-10-3-4-11-12(7-10)24-6-5-23-11/h3-4,7,9H,5-6,8H2,1-2H3,(H,20,21)(H2,16,17,19,22). The largest absolute Gasteiger partial charge is 0.486 e. The number of hydrogen-bond donors (Lipinski definition) is 3. The molecule has 0 aliphatic carbocycles. The average Bonchev–Trinajstić information content (AvgIpc) is 2.53. The molecule has 0 bridgehead atoms. The molecule has 9 nitrogen and oxygen atoms in total. The molecule has 1 aliphatic rings. The van der Waals surface area contributed by atoms with Crippen molar-refractivity contribution in [3.8, 4) is 11.5 Å². The number of ether oxygens (including phenoxy) is 2. The number of carbonyl (C=O) groups is 3. The lowest BCUT2D eigenvalue weighted by Crippen LogP contribution is -2.45. The molecule has 3 N–H and O–H groups in total. The molecule has 9 heteroatoms. The zero-order valence-corrected chi connectivity index (χ0v) is 13.4. The minimum absolute atomic E-state index is 0.220. The number of urea groups is 1. The second kappa shape index (κ2) is 7.64. The molecule has 0 aromatic heterocycles. The topological polar surface area (TPSA) is 117 Å². The highest BCUT2D eigenvalue weighted by molar-refractivity contribution is 6.02. The molecule has 1 heterocycles. The van der Waals surface area contributed by atoms with E-state index in [4.69, 9.17) is 14.6 Å². The summed E-state index contributed by atoms with van der Waals surface area (Å²) in [6.45, 7) is 2.12. The fourth-order valence-corrected chi connectivity index (χ4v) is 2.00. The molecule has 0 saturated heterocycles. The highest BCUT2D eigenvalue weighted by Gasteiger charge is 2.20. The van der Waals surface area contributed by atoms with E-state index in [0.717, 1.165) is 0 Å². The van der Waals surface area contributed by atoms with Crippen molar-refractivity contribution in [2.24, 2.45) is 0 Å². The molecule has 0 saturated carbocycles. The molecule has 2 rings (SSSR count). The van der Waals surface area contributed by atoms with Gasteiger partial charge in [0.1, 0.15) is 19.3 Å². The number of fused-ring (bicyclic) bond motifs is 1. The van der Waals surface area contributed by atoms with E-state index in [9.17, 15) is 14.4 Å². The maximum Gasteiger partial charge on any atom is 0.325 e. The number of benzene rings is 1. The number of carbonyl (C=O) groups excluding carboxylic acids is 2. The quantitative estimate of drug-likeness (QED) is 0.716. The number of nitrogens with zero attached hydrogens (tertiary/aromatic N) is 1. The molecule has 0 fully saturated rings. The second-order valence-corrected chi connectivity index (χ2v) is 5.29. The number of amides is 3. The SMILES string of the molecule is CC(C(=O)O)N(C)CC(=O)NC(=O)Nc1ccc2c(c1)OCCO2. The Morgan fingerprint density at radius 3 is 2.58 bits per heavy atom. The number of nitrogens with one attached hydrogen (secondary N) is 2. The third-order valence-corrected chi connectivity index (χ3v) is 3.46. The Hall–Kier alpha value is -2.81. The lowest BCUT2D eigenvalue weighted by atomic mass is 10.2. The van der Waals surface area contributed by atoms with Gasteiger partial charge in [0.15, 0.2) is 11.5 Å². The van der Waals surface area contributed by atoms with Crippen LogP contribution in [0.3, 0.4) is 0 Å². The molecule has 130 valence electrons. The van der Waals surface area contributed by atoms with Crippen LogP contribution in [-0.4, -0.2) is 60.8 Å². The monoisotopic (exact) mass is 337 g/mol. The van der Waals surface area contributed by atoms with Gasteiger partial charge in [-0.25, -0.2) is 4.79 Å². The maximum atomic E-state index is 11.8. The van der Waals surface area contributed by atoms with Crippen molar-refractivity contribution in [3.63, 3.8) is 0 Å². The summed E-state index contributed by atoms with van der Waals surface area (Å²) in [6, 6.07) is 3.33. The van der Waals surface area contributed by atoms with Crippen molar-refractivity contribution >= 4 is 23.6 Å². The van der Waals surface area contributed by atoms with Crippen LogP contribution in [0.2, 0.25) is 0 Å². The smallest absolute Gasteiger partial charge is 0.325 e. The summed E-state index contributed by atoms with van der Waals surface area (Å²) in [5.74, 6) is -0.556. The van der Waals surface area contributed by atoms with E-state index >= 15 is 0 Å². The van der Waals surface area contributed by atoms with Gasteiger partial charge in [-0.1, -0.05) is 0 Å². The van der Waals surface area contributed by atoms with Gasteiger partial charge in [0.25, 0.3) is 0 Å². The molecule has 0 radical (unpaired) electrons. The first-order valence-electron chi connectivity index (χ1n) is 7.30. The minimum atomic E-state index is -1.05. The van der Waals surface area contributed by atoms with Crippen molar-refractivity contribution in [1.82, 2.24) is 10.2 Å². The Morgan fingerprint density at radius 2 is 1.92 bits per heavy atom. The number of aliphatic carboxylic acids is 1. The molecule has 24 heavy (non-hydrogen) atoms. The van der Waals surface area contributed by atoms with E-state index in [0.29, 0.717) is 30.4 Å². The highest BCUT2D eigenvalue weighted by Crippen LogP contribution is 2.32. The fourth-order valence-electron chi connectivity index (χ4n) is 2.00. The number of likely N-dealkylation sites (N-methyl/N-ethyl adjacent to an activating group) is 1. The minimum Gasteiger partial charge on any atom is -0.486 e. The van der Waals surface area contributed by atoms with Gasteiger partial charge in [0.05, 0.1) is 6.54 Å². The van der Waals surface area contributed by atoms with Crippen molar-refractivity contribution in [2.45, 2.75) is 13.0 Å². The van der Waals surface area contributed by atoms with Crippen LogP contribution in [0, 0.1) is 0 Å². The number of hydrogen-bond acceptors (Lipinski definition) is 6. The van der Waals surface area contributed by atoms with Crippen molar-refractivity contribution in [1.29, 1.82) is 0 Å². The van der Waals surface area contributed by atoms with Crippen LogP contribution >= 0.6 is 0 Å². The van der Waals surface area contributed by atoms with Gasteiger partial charge in [-0.2, -0.15) is 0 Å². The third-order valence-electron chi connectivity index (χ3n) is 3.46. The Balaban J connectivity index is 1.86. The molecule has 3 amide bonds. The van der Waals surface area contributed by atoms with Crippen LogP contribution in [-0.2, 0) is 9.59 Å². The van der Waals surface area contributed by atoms with Crippen LogP contribution in [0.25, 0.3) is 0 Å². The molecular formula is C15H19N3O6. The first-order chi connectivity index (χ1) is 11.4. The van der Waals surface area contributed by atoms with E-state index in [1.165, 1.54) is 18.9 Å². The Morgan fingerprint density at radius 1 is 1.25 bits per heavy atom. The van der Waals surface area contributed by atoms with Crippen molar-refractivity contribution in [3.05, 3.63) is 18.2 Å². The van der Waals surface area contributed by atoms with E-state index in [-0.39, 0.29) is 6.54 Å². The van der Waals surface area contributed by atoms with Gasteiger partial charge in [-0.3, -0.25) is 19.8 Å². The van der Waals surface area contributed by atoms with Gasteiger partial charge in [0.2, 0.25) is 5.91 Å². The normalized spacial score (nSPS) is 14.0. The number of carboxylic acid groups (broad SMARTS) is 1. The third kappa shape index (κ3) is 4.59. The van der Waals surface area contributed by atoms with Crippen LogP contribution in [0.5, 0.6) is 11.5 Å². The molecule has 1 aliphatic heterocycles. The molecule has 1 unspecified atom stereocenters. The summed E-state index contributed by atoms with van der Waals surface area (Å²) in [5.41, 5.74) is 0.441. The zero-order valence-electron chi connectivity index (χ0n) is 13.4. The summed E-state index contributed by atoms with van der Waals surface area (Å²) >= 11 is 0. The summed E-state index contributed by atoms with van der Waals surface area (Å²) in [4.78, 5) is 35.7. The molecule has 1 atom stereocenters. The first kappa shape index (κ1) is 17.5. The van der Waals surface area contributed by atoms with Gasteiger partial charge >= 0.3 is 12.0 Å². The molecule has 1 aromatic carbocycles. The average molecular weight is 337 g/mol. The summed E-state index contributed by atoms with van der Waals surface area (Å²) < 4.78 is 10.8. The second-order valence-electron chi connectivity index (χ2n) is 5.29. The number of imide groups is 1. The lowest BCUT2D eigenvalue weighted by Gasteiger charge is -2.20. The first-order valence-corrected chi connectivity index (χ1v) is 7.30. The summed E-state index contributed by atoms with van der Waals surface area (Å²) in [5, 5.41) is 13.5. The number of rotatable bonds is 5. The van der Waals surface area contributed by atoms with Crippen LogP contribution in [0.15, 0.2) is 18.2 Å². The van der Waals surface area contributed by atoms with Gasteiger partial charge < -0.3 is 19.9 Å². The van der Waals surface area contributed by atoms with E-state index in [1.54, 1.807) is 18.2 Å². The Labute approximate surface area is 138 Å². The summed E-state index contributed by atoms with van der Waals surface area (Å²) in [7, 11) is 1.48. The Bertz CT molecular complexity index is 648. The van der Waals surface area contributed by atoms with E-state index in [2.05, 4.69) is 10.6 Å².